The number of hydrogen-bond donors (Lipinski definition) is 1. The van der Waals surface area contributed by atoms with Crippen LogP contribution >= 0.6 is 0 Å². The van der Waals surface area contributed by atoms with Gasteiger partial charge < -0.3 is 10.6 Å². The SMILES string of the molecule is CCC(N)c1ccc(N2CCC3CCCCC3C2)cc1. The molecule has 0 bridgehead atoms. The molecule has 3 rings (SSSR count). The van der Waals surface area contributed by atoms with Crippen LogP contribution in [0.15, 0.2) is 24.3 Å². The molecule has 1 aromatic rings. The van der Waals surface area contributed by atoms with Crippen LogP contribution in [0.5, 0.6) is 0 Å². The van der Waals surface area contributed by atoms with E-state index < -0.39 is 0 Å². The van der Waals surface area contributed by atoms with Gasteiger partial charge in [0.05, 0.1) is 0 Å². The Labute approximate surface area is 123 Å². The second kappa shape index (κ2) is 6.17. The van der Waals surface area contributed by atoms with Crippen molar-refractivity contribution in [2.75, 3.05) is 18.0 Å². The van der Waals surface area contributed by atoms with Gasteiger partial charge in [-0.1, -0.05) is 38.3 Å². The molecule has 2 N–H and O–H groups in total. The quantitative estimate of drug-likeness (QED) is 0.897. The fourth-order valence-electron chi connectivity index (χ4n) is 4.00. The second-order valence-corrected chi connectivity index (χ2v) is 6.65. The topological polar surface area (TPSA) is 29.3 Å². The zero-order valence-electron chi connectivity index (χ0n) is 12.7. The zero-order chi connectivity index (χ0) is 13.9. The van der Waals surface area contributed by atoms with E-state index in [9.17, 15) is 0 Å². The number of piperidine rings is 1. The third-order valence-electron chi connectivity index (χ3n) is 5.42. The van der Waals surface area contributed by atoms with Gasteiger partial charge in [-0.25, -0.2) is 0 Å². The molecule has 1 heterocycles. The Kier molecular flexibility index (Phi) is 4.30. The number of fused-ring (bicyclic) bond motifs is 1. The smallest absolute Gasteiger partial charge is 0.0366 e. The van der Waals surface area contributed by atoms with E-state index in [1.165, 1.54) is 56.4 Å². The molecule has 1 saturated heterocycles. The fraction of sp³-hybridized carbons (Fsp3) is 0.667. The first-order chi connectivity index (χ1) is 9.78. The van der Waals surface area contributed by atoms with Crippen molar-refractivity contribution in [2.45, 2.75) is 51.5 Å². The maximum Gasteiger partial charge on any atom is 0.0366 e. The molecule has 0 radical (unpaired) electrons. The van der Waals surface area contributed by atoms with Crippen molar-refractivity contribution >= 4 is 5.69 Å². The maximum absolute atomic E-state index is 6.10. The Bertz CT molecular complexity index is 426. The molecular formula is C18H28N2. The summed E-state index contributed by atoms with van der Waals surface area (Å²) >= 11 is 0. The summed E-state index contributed by atoms with van der Waals surface area (Å²) in [5, 5.41) is 0. The molecule has 1 aromatic carbocycles. The lowest BCUT2D eigenvalue weighted by Gasteiger charge is -2.42. The summed E-state index contributed by atoms with van der Waals surface area (Å²) in [5.41, 5.74) is 8.75. The minimum absolute atomic E-state index is 0.188. The van der Waals surface area contributed by atoms with Gasteiger partial charge in [0.25, 0.3) is 0 Å². The summed E-state index contributed by atoms with van der Waals surface area (Å²) < 4.78 is 0. The van der Waals surface area contributed by atoms with Crippen molar-refractivity contribution < 1.29 is 0 Å². The maximum atomic E-state index is 6.10. The molecule has 0 amide bonds. The molecule has 3 unspecified atom stereocenters. The van der Waals surface area contributed by atoms with E-state index in [0.717, 1.165) is 18.3 Å². The fourth-order valence-corrected chi connectivity index (χ4v) is 4.00. The Balaban J connectivity index is 1.67. The molecule has 2 fully saturated rings. The Hall–Kier alpha value is -1.02. The first-order valence-electron chi connectivity index (χ1n) is 8.38. The van der Waals surface area contributed by atoms with E-state index in [1.54, 1.807) is 0 Å². The Morgan fingerprint density at radius 2 is 1.80 bits per heavy atom. The average molecular weight is 272 g/mol. The van der Waals surface area contributed by atoms with Gasteiger partial charge in [-0.15, -0.1) is 0 Å². The number of benzene rings is 1. The highest BCUT2D eigenvalue weighted by molar-refractivity contribution is 5.48. The van der Waals surface area contributed by atoms with Crippen LogP contribution in [-0.2, 0) is 0 Å². The molecule has 2 nitrogen and oxygen atoms in total. The lowest BCUT2D eigenvalue weighted by Crippen LogP contribution is -2.41. The standard InChI is InChI=1S/C18H28N2/c1-2-18(19)15-7-9-17(10-8-15)20-12-11-14-5-3-4-6-16(14)13-20/h7-10,14,16,18H,2-6,11-13,19H2,1H3. The molecule has 3 atom stereocenters. The number of rotatable bonds is 3. The molecular weight excluding hydrogens is 244 g/mol. The van der Waals surface area contributed by atoms with Gasteiger partial charge in [0.2, 0.25) is 0 Å². The van der Waals surface area contributed by atoms with Crippen LogP contribution in [0.3, 0.4) is 0 Å². The molecule has 20 heavy (non-hydrogen) atoms. The summed E-state index contributed by atoms with van der Waals surface area (Å²) in [7, 11) is 0. The molecule has 0 spiro atoms. The van der Waals surface area contributed by atoms with Gasteiger partial charge >= 0.3 is 0 Å². The number of hydrogen-bond acceptors (Lipinski definition) is 2. The van der Waals surface area contributed by atoms with Crippen molar-refractivity contribution in [3.63, 3.8) is 0 Å². The van der Waals surface area contributed by atoms with Gasteiger partial charge in [-0.2, -0.15) is 0 Å². The lowest BCUT2D eigenvalue weighted by molar-refractivity contribution is 0.202. The van der Waals surface area contributed by atoms with Crippen molar-refractivity contribution in [1.82, 2.24) is 0 Å². The van der Waals surface area contributed by atoms with Crippen molar-refractivity contribution in [3.8, 4) is 0 Å². The first kappa shape index (κ1) is 13.9. The van der Waals surface area contributed by atoms with Crippen molar-refractivity contribution in [2.24, 2.45) is 17.6 Å². The summed E-state index contributed by atoms with van der Waals surface area (Å²) in [5.74, 6) is 1.95. The predicted octanol–water partition coefficient (Wildman–Crippen LogP) is 4.11. The van der Waals surface area contributed by atoms with Crippen LogP contribution in [0.1, 0.15) is 57.1 Å². The molecule has 0 aromatic heterocycles. The van der Waals surface area contributed by atoms with Crippen molar-refractivity contribution in [1.29, 1.82) is 0 Å². The molecule has 1 aliphatic carbocycles. The highest BCUT2D eigenvalue weighted by Crippen LogP contribution is 2.37. The van der Waals surface area contributed by atoms with Crippen molar-refractivity contribution in [3.05, 3.63) is 29.8 Å². The summed E-state index contributed by atoms with van der Waals surface area (Å²) in [6.45, 7) is 4.65. The minimum atomic E-state index is 0.188. The Morgan fingerprint density at radius 3 is 2.50 bits per heavy atom. The van der Waals surface area contributed by atoms with Gasteiger partial charge in [0.15, 0.2) is 0 Å². The summed E-state index contributed by atoms with van der Waals surface area (Å²) in [6, 6.07) is 9.17. The molecule has 1 saturated carbocycles. The van der Waals surface area contributed by atoms with E-state index in [2.05, 4.69) is 36.1 Å². The van der Waals surface area contributed by atoms with E-state index in [4.69, 9.17) is 5.73 Å². The van der Waals surface area contributed by atoms with E-state index in [1.807, 2.05) is 0 Å². The predicted molar refractivity (Wildman–Crippen MR) is 85.9 cm³/mol. The Morgan fingerprint density at radius 1 is 1.10 bits per heavy atom. The molecule has 110 valence electrons. The molecule has 2 aliphatic rings. The lowest BCUT2D eigenvalue weighted by atomic mass is 9.75. The third kappa shape index (κ3) is 2.85. The summed E-state index contributed by atoms with van der Waals surface area (Å²) in [6.07, 6.45) is 8.22. The highest BCUT2D eigenvalue weighted by Gasteiger charge is 2.31. The van der Waals surface area contributed by atoms with Crippen LogP contribution in [0.2, 0.25) is 0 Å². The molecule has 2 heteroatoms. The monoisotopic (exact) mass is 272 g/mol. The van der Waals surface area contributed by atoms with Gasteiger partial charge in [-0.05, 0) is 48.8 Å². The number of nitrogens with zero attached hydrogens (tertiary/aromatic N) is 1. The van der Waals surface area contributed by atoms with Crippen LogP contribution < -0.4 is 10.6 Å². The van der Waals surface area contributed by atoms with Crippen LogP contribution in [0.4, 0.5) is 5.69 Å². The van der Waals surface area contributed by atoms with E-state index in [-0.39, 0.29) is 6.04 Å². The molecule has 1 aliphatic heterocycles. The minimum Gasteiger partial charge on any atom is -0.371 e. The number of nitrogens with two attached hydrogens (primary N) is 1. The van der Waals surface area contributed by atoms with Gasteiger partial charge in [0, 0.05) is 24.8 Å². The zero-order valence-corrected chi connectivity index (χ0v) is 12.7. The van der Waals surface area contributed by atoms with E-state index in [0.29, 0.717) is 0 Å². The van der Waals surface area contributed by atoms with E-state index >= 15 is 0 Å². The largest absolute Gasteiger partial charge is 0.371 e. The average Bonchev–Trinajstić information content (AvgIpc) is 2.54. The second-order valence-electron chi connectivity index (χ2n) is 6.65. The van der Waals surface area contributed by atoms with Gasteiger partial charge in [0.1, 0.15) is 0 Å². The van der Waals surface area contributed by atoms with Crippen LogP contribution in [0, 0.1) is 11.8 Å². The number of anilines is 1. The highest BCUT2D eigenvalue weighted by atomic mass is 15.1. The normalized spacial score (nSPS) is 28.0. The first-order valence-corrected chi connectivity index (χ1v) is 8.38. The third-order valence-corrected chi connectivity index (χ3v) is 5.42. The van der Waals surface area contributed by atoms with Crippen LogP contribution in [0.25, 0.3) is 0 Å². The van der Waals surface area contributed by atoms with Crippen LogP contribution in [-0.4, -0.2) is 13.1 Å². The summed E-state index contributed by atoms with van der Waals surface area (Å²) in [4.78, 5) is 2.59. The van der Waals surface area contributed by atoms with Gasteiger partial charge in [-0.3, -0.25) is 0 Å².